The number of aryl methyl sites for hydroxylation is 2. The van der Waals surface area contributed by atoms with Crippen molar-refractivity contribution < 1.29 is 13.8 Å². The van der Waals surface area contributed by atoms with Gasteiger partial charge in [-0.25, -0.2) is 3.63 Å². The maximum Gasteiger partial charge on any atom is 0.122 e. The fraction of sp³-hybridized carbons (Fsp3) is 0.538. The van der Waals surface area contributed by atoms with E-state index in [1.807, 2.05) is 13.8 Å². The molecule has 2 N–H and O–H groups in total. The molecular weight excluding hydrogens is 424 g/mol. The number of rotatable bonds is 6. The third-order valence-electron chi connectivity index (χ3n) is 5.92. The van der Waals surface area contributed by atoms with Gasteiger partial charge in [0.05, 0.1) is 0 Å². The van der Waals surface area contributed by atoms with Gasteiger partial charge in [-0.15, -0.1) is 0 Å². The Kier molecular flexibility index (Phi) is 8.10. The maximum absolute atomic E-state index is 10.7. The minimum atomic E-state index is -0.0958. The highest BCUT2D eigenvalue weighted by molar-refractivity contribution is 8.07. The Labute approximate surface area is 197 Å². The molecule has 0 saturated heterocycles. The summed E-state index contributed by atoms with van der Waals surface area (Å²) >= 11 is 2.78. The van der Waals surface area contributed by atoms with Crippen LogP contribution in [0.4, 0.5) is 0 Å². The SMILES string of the molecule is Cc1cc(C(C)(C)C)c(O)c(C)c1CSOSCc1c(C)cc(C(C)(C)C)c(O)c1C. The molecule has 172 valence electrons. The molecule has 0 aliphatic carbocycles. The maximum atomic E-state index is 10.7. The van der Waals surface area contributed by atoms with E-state index >= 15 is 0 Å². The van der Waals surface area contributed by atoms with Gasteiger partial charge >= 0.3 is 0 Å². The summed E-state index contributed by atoms with van der Waals surface area (Å²) in [6.07, 6.45) is 0. The third kappa shape index (κ3) is 5.94. The molecule has 0 heterocycles. The molecule has 0 amide bonds. The van der Waals surface area contributed by atoms with Crippen LogP contribution in [-0.4, -0.2) is 10.2 Å². The van der Waals surface area contributed by atoms with Crippen molar-refractivity contribution in [3.05, 3.63) is 56.6 Å². The molecule has 0 aliphatic heterocycles. The number of aromatic hydroxyl groups is 2. The average molecular weight is 463 g/mol. The van der Waals surface area contributed by atoms with Crippen molar-refractivity contribution in [1.29, 1.82) is 0 Å². The lowest BCUT2D eigenvalue weighted by molar-refractivity contribution is 0.441. The van der Waals surface area contributed by atoms with E-state index in [4.69, 9.17) is 3.63 Å². The summed E-state index contributed by atoms with van der Waals surface area (Å²) in [5, 5.41) is 21.4. The zero-order chi connectivity index (χ0) is 23.7. The van der Waals surface area contributed by atoms with Gasteiger partial charge in [0, 0.05) is 35.6 Å². The lowest BCUT2D eigenvalue weighted by Crippen LogP contribution is -2.13. The molecule has 0 atom stereocenters. The largest absolute Gasteiger partial charge is 0.507 e. The molecule has 2 aromatic carbocycles. The second-order valence-electron chi connectivity index (χ2n) is 10.5. The Balaban J connectivity index is 2.04. The van der Waals surface area contributed by atoms with Gasteiger partial charge in [0.15, 0.2) is 0 Å². The van der Waals surface area contributed by atoms with Crippen LogP contribution in [0.5, 0.6) is 11.5 Å². The quantitative estimate of drug-likeness (QED) is 0.337. The summed E-state index contributed by atoms with van der Waals surface area (Å²) in [6.45, 7) is 20.8. The van der Waals surface area contributed by atoms with Crippen molar-refractivity contribution >= 4 is 24.1 Å². The fourth-order valence-electron chi connectivity index (χ4n) is 3.81. The first-order valence-corrected chi connectivity index (χ1v) is 12.5. The van der Waals surface area contributed by atoms with Crippen LogP contribution in [-0.2, 0) is 26.0 Å². The van der Waals surface area contributed by atoms with Gasteiger partial charge in [-0.1, -0.05) is 53.7 Å². The molecule has 3 nitrogen and oxygen atoms in total. The van der Waals surface area contributed by atoms with Gasteiger partial charge in [0.2, 0.25) is 0 Å². The zero-order valence-electron chi connectivity index (χ0n) is 20.7. The highest BCUT2D eigenvalue weighted by Crippen LogP contribution is 2.40. The first kappa shape index (κ1) is 26.0. The van der Waals surface area contributed by atoms with Crippen molar-refractivity contribution in [2.75, 3.05) is 0 Å². The smallest absolute Gasteiger partial charge is 0.122 e. The topological polar surface area (TPSA) is 49.7 Å². The molecule has 0 unspecified atom stereocenters. The first-order valence-electron chi connectivity index (χ1n) is 10.7. The van der Waals surface area contributed by atoms with Crippen LogP contribution in [0.2, 0.25) is 0 Å². The first-order chi connectivity index (χ1) is 14.2. The fourth-order valence-corrected chi connectivity index (χ4v) is 5.59. The number of hydrogen-bond donors (Lipinski definition) is 2. The van der Waals surface area contributed by atoms with Gasteiger partial charge in [-0.2, -0.15) is 0 Å². The van der Waals surface area contributed by atoms with E-state index in [2.05, 4.69) is 67.5 Å². The van der Waals surface area contributed by atoms with Gasteiger partial charge in [0.25, 0.3) is 0 Å². The lowest BCUT2D eigenvalue weighted by Gasteiger charge is -2.24. The molecule has 5 heteroatoms. The molecule has 0 radical (unpaired) electrons. The number of phenolic OH excluding ortho intramolecular Hbond substituents is 2. The molecule has 2 aromatic rings. The minimum Gasteiger partial charge on any atom is -0.507 e. The van der Waals surface area contributed by atoms with Gasteiger partial charge in [-0.3, -0.25) is 0 Å². The van der Waals surface area contributed by atoms with Crippen LogP contribution in [0.25, 0.3) is 0 Å². The van der Waals surface area contributed by atoms with Crippen molar-refractivity contribution in [3.8, 4) is 11.5 Å². The predicted molar refractivity (Wildman–Crippen MR) is 136 cm³/mol. The number of benzene rings is 2. The van der Waals surface area contributed by atoms with Crippen molar-refractivity contribution in [2.24, 2.45) is 0 Å². The molecule has 2 rings (SSSR count). The lowest BCUT2D eigenvalue weighted by atomic mass is 9.83. The summed E-state index contributed by atoms with van der Waals surface area (Å²) < 4.78 is 5.81. The van der Waals surface area contributed by atoms with Crippen molar-refractivity contribution in [1.82, 2.24) is 0 Å². The van der Waals surface area contributed by atoms with E-state index < -0.39 is 0 Å². The summed E-state index contributed by atoms with van der Waals surface area (Å²) in [5.74, 6) is 2.13. The summed E-state index contributed by atoms with van der Waals surface area (Å²) in [6, 6.07) is 4.19. The Morgan fingerprint density at radius 2 is 1.00 bits per heavy atom. The molecule has 0 saturated carbocycles. The monoisotopic (exact) mass is 462 g/mol. The second kappa shape index (κ2) is 9.68. The normalized spacial score (nSPS) is 12.5. The van der Waals surface area contributed by atoms with Crippen LogP contribution in [0.3, 0.4) is 0 Å². The van der Waals surface area contributed by atoms with E-state index in [1.54, 1.807) is 0 Å². The Morgan fingerprint density at radius 1 is 0.677 bits per heavy atom. The summed E-state index contributed by atoms with van der Waals surface area (Å²) in [5.41, 5.74) is 8.23. The standard InChI is InChI=1S/C26H38O3S2/c1-15-11-21(25(5,6)7)23(27)17(3)19(15)13-30-29-31-14-20-16(2)12-22(26(8,9)10)24(28)18(20)4/h11-12,27-28H,13-14H2,1-10H3. The van der Waals surface area contributed by atoms with E-state index in [1.165, 1.54) is 35.2 Å². The summed E-state index contributed by atoms with van der Waals surface area (Å²) in [4.78, 5) is 0. The minimum absolute atomic E-state index is 0.0958. The van der Waals surface area contributed by atoms with Crippen LogP contribution in [0, 0.1) is 27.7 Å². The van der Waals surface area contributed by atoms with E-state index in [-0.39, 0.29) is 10.8 Å². The average Bonchev–Trinajstić information content (AvgIpc) is 2.63. The number of hydrogen-bond acceptors (Lipinski definition) is 5. The van der Waals surface area contributed by atoms with Gasteiger partial charge in [-0.05, 0) is 83.0 Å². The van der Waals surface area contributed by atoms with E-state index in [9.17, 15) is 10.2 Å². The van der Waals surface area contributed by atoms with Crippen LogP contribution >= 0.6 is 24.1 Å². The number of phenols is 2. The molecule has 0 fully saturated rings. The summed E-state index contributed by atoms with van der Waals surface area (Å²) in [7, 11) is 0. The third-order valence-corrected chi connectivity index (χ3v) is 7.50. The Bertz CT molecular complexity index is 874. The zero-order valence-corrected chi connectivity index (χ0v) is 22.3. The molecule has 0 aliphatic rings. The van der Waals surface area contributed by atoms with E-state index in [0.717, 1.165) is 33.4 Å². The van der Waals surface area contributed by atoms with Gasteiger partial charge < -0.3 is 10.2 Å². The van der Waals surface area contributed by atoms with Crippen molar-refractivity contribution in [3.63, 3.8) is 0 Å². The molecular formula is C26H38O3S2. The molecule has 0 bridgehead atoms. The second-order valence-corrected chi connectivity index (χ2v) is 12.1. The Morgan fingerprint density at radius 3 is 1.29 bits per heavy atom. The predicted octanol–water partition coefficient (Wildman–Crippen LogP) is 7.94. The van der Waals surface area contributed by atoms with Crippen LogP contribution in [0.15, 0.2) is 12.1 Å². The van der Waals surface area contributed by atoms with Crippen LogP contribution in [0.1, 0.15) is 86.1 Å². The highest BCUT2D eigenvalue weighted by Gasteiger charge is 2.23. The Hall–Kier alpha value is -1.30. The molecule has 0 aromatic heterocycles. The molecule has 31 heavy (non-hydrogen) atoms. The van der Waals surface area contributed by atoms with Crippen molar-refractivity contribution in [2.45, 2.75) is 91.6 Å². The highest BCUT2D eigenvalue weighted by atomic mass is 32.2. The van der Waals surface area contributed by atoms with E-state index in [0.29, 0.717) is 23.0 Å². The van der Waals surface area contributed by atoms with Crippen LogP contribution < -0.4 is 0 Å². The van der Waals surface area contributed by atoms with Gasteiger partial charge in [0.1, 0.15) is 11.5 Å². The molecule has 0 spiro atoms.